The van der Waals surface area contributed by atoms with Crippen molar-refractivity contribution in [3.05, 3.63) is 12.7 Å². The van der Waals surface area contributed by atoms with Crippen LogP contribution in [0, 0.1) is 5.92 Å². The summed E-state index contributed by atoms with van der Waals surface area (Å²) in [5.41, 5.74) is -0.317. The maximum Gasteiger partial charge on any atom is 0.0700 e. The summed E-state index contributed by atoms with van der Waals surface area (Å²) in [6, 6.07) is 0. The van der Waals surface area contributed by atoms with E-state index in [2.05, 4.69) is 11.5 Å². The molecule has 1 aliphatic carbocycles. The lowest BCUT2D eigenvalue weighted by Crippen LogP contribution is -2.53. The Morgan fingerprint density at radius 2 is 2.27 bits per heavy atom. The SMILES string of the molecule is C=CCCN1CCC2(O)CCCCC2C1. The maximum atomic E-state index is 10.5. The van der Waals surface area contributed by atoms with E-state index in [1.54, 1.807) is 0 Å². The molecule has 2 fully saturated rings. The van der Waals surface area contributed by atoms with Gasteiger partial charge in [0.2, 0.25) is 0 Å². The molecule has 1 N–H and O–H groups in total. The Balaban J connectivity index is 1.90. The molecule has 0 aromatic heterocycles. The molecule has 2 unspecified atom stereocenters. The van der Waals surface area contributed by atoms with Crippen LogP contribution in [-0.4, -0.2) is 35.2 Å². The van der Waals surface area contributed by atoms with E-state index in [1.165, 1.54) is 19.3 Å². The van der Waals surface area contributed by atoms with Crippen LogP contribution in [0.1, 0.15) is 38.5 Å². The normalized spacial score (nSPS) is 37.3. The van der Waals surface area contributed by atoms with Gasteiger partial charge in [-0.25, -0.2) is 0 Å². The van der Waals surface area contributed by atoms with Gasteiger partial charge >= 0.3 is 0 Å². The summed E-state index contributed by atoms with van der Waals surface area (Å²) < 4.78 is 0. The van der Waals surface area contributed by atoms with Crippen molar-refractivity contribution in [3.8, 4) is 0 Å². The zero-order valence-electron chi connectivity index (χ0n) is 9.62. The Hall–Kier alpha value is -0.340. The second-order valence-electron chi connectivity index (χ2n) is 5.17. The van der Waals surface area contributed by atoms with E-state index in [4.69, 9.17) is 0 Å². The highest BCUT2D eigenvalue weighted by atomic mass is 16.3. The molecule has 0 aromatic carbocycles. The standard InChI is InChI=1S/C13H23NO/c1-2-3-9-14-10-8-13(15)7-5-4-6-12(13)11-14/h2,12,15H,1,3-11H2. The highest BCUT2D eigenvalue weighted by molar-refractivity contribution is 4.95. The van der Waals surface area contributed by atoms with Crippen molar-refractivity contribution in [1.82, 2.24) is 4.90 Å². The van der Waals surface area contributed by atoms with Gasteiger partial charge in [0.1, 0.15) is 0 Å². The fourth-order valence-corrected chi connectivity index (χ4v) is 3.12. The molecule has 1 saturated carbocycles. The summed E-state index contributed by atoms with van der Waals surface area (Å²) in [6.45, 7) is 7.06. The lowest BCUT2D eigenvalue weighted by molar-refractivity contribution is -0.0949. The molecule has 1 heterocycles. The first-order valence-electron chi connectivity index (χ1n) is 6.30. The summed E-state index contributed by atoms with van der Waals surface area (Å²) in [7, 11) is 0. The number of aliphatic hydroxyl groups is 1. The van der Waals surface area contributed by atoms with E-state index in [9.17, 15) is 5.11 Å². The summed E-state index contributed by atoms with van der Waals surface area (Å²) >= 11 is 0. The van der Waals surface area contributed by atoms with Crippen LogP contribution in [0.15, 0.2) is 12.7 Å². The van der Waals surface area contributed by atoms with Gasteiger partial charge in [0.05, 0.1) is 5.60 Å². The van der Waals surface area contributed by atoms with Gasteiger partial charge in [-0.05, 0) is 25.7 Å². The quantitative estimate of drug-likeness (QED) is 0.720. The Morgan fingerprint density at radius 3 is 3.07 bits per heavy atom. The van der Waals surface area contributed by atoms with Crippen molar-refractivity contribution >= 4 is 0 Å². The molecule has 2 atom stereocenters. The summed E-state index contributed by atoms with van der Waals surface area (Å²) in [6.07, 6.45) is 8.83. The van der Waals surface area contributed by atoms with Gasteiger partial charge in [-0.2, -0.15) is 0 Å². The molecule has 1 saturated heterocycles. The average Bonchev–Trinajstić information content (AvgIpc) is 2.26. The van der Waals surface area contributed by atoms with Crippen LogP contribution in [-0.2, 0) is 0 Å². The Kier molecular flexibility index (Phi) is 3.47. The molecular weight excluding hydrogens is 186 g/mol. The smallest absolute Gasteiger partial charge is 0.0700 e. The zero-order valence-corrected chi connectivity index (χ0v) is 9.62. The first-order chi connectivity index (χ1) is 7.24. The Morgan fingerprint density at radius 1 is 1.40 bits per heavy atom. The van der Waals surface area contributed by atoms with Crippen LogP contribution in [0.25, 0.3) is 0 Å². The molecule has 0 spiro atoms. The van der Waals surface area contributed by atoms with Crippen molar-refractivity contribution in [2.75, 3.05) is 19.6 Å². The van der Waals surface area contributed by atoms with Gasteiger partial charge < -0.3 is 10.0 Å². The van der Waals surface area contributed by atoms with Crippen LogP contribution in [0.4, 0.5) is 0 Å². The first-order valence-corrected chi connectivity index (χ1v) is 6.30. The Labute approximate surface area is 93.0 Å². The van der Waals surface area contributed by atoms with E-state index >= 15 is 0 Å². The zero-order chi connectivity index (χ0) is 10.7. The largest absolute Gasteiger partial charge is 0.390 e. The van der Waals surface area contributed by atoms with Crippen molar-refractivity contribution in [2.24, 2.45) is 5.92 Å². The molecule has 0 bridgehead atoms. The minimum atomic E-state index is -0.317. The molecule has 2 aliphatic rings. The third-order valence-electron chi connectivity index (χ3n) is 4.16. The molecule has 2 rings (SSSR count). The van der Waals surface area contributed by atoms with Crippen molar-refractivity contribution < 1.29 is 5.11 Å². The third-order valence-corrected chi connectivity index (χ3v) is 4.16. The minimum Gasteiger partial charge on any atom is -0.390 e. The second-order valence-corrected chi connectivity index (χ2v) is 5.17. The van der Waals surface area contributed by atoms with Gasteiger partial charge in [-0.3, -0.25) is 0 Å². The third kappa shape index (κ3) is 2.43. The number of fused-ring (bicyclic) bond motifs is 1. The highest BCUT2D eigenvalue weighted by Gasteiger charge is 2.42. The number of hydrogen-bond donors (Lipinski definition) is 1. The minimum absolute atomic E-state index is 0.317. The summed E-state index contributed by atoms with van der Waals surface area (Å²) in [5, 5.41) is 10.5. The van der Waals surface area contributed by atoms with E-state index in [-0.39, 0.29) is 5.60 Å². The average molecular weight is 209 g/mol. The van der Waals surface area contributed by atoms with E-state index in [0.717, 1.165) is 38.9 Å². The summed E-state index contributed by atoms with van der Waals surface area (Å²) in [5.74, 6) is 0.532. The van der Waals surface area contributed by atoms with E-state index in [1.807, 2.05) is 6.08 Å². The topological polar surface area (TPSA) is 23.5 Å². The lowest BCUT2D eigenvalue weighted by atomic mass is 9.71. The molecule has 0 amide bonds. The lowest BCUT2D eigenvalue weighted by Gasteiger charge is -2.47. The molecular formula is C13H23NO. The molecule has 0 radical (unpaired) electrons. The van der Waals surface area contributed by atoms with Crippen LogP contribution in [0.2, 0.25) is 0 Å². The van der Waals surface area contributed by atoms with E-state index in [0.29, 0.717) is 5.92 Å². The van der Waals surface area contributed by atoms with Crippen molar-refractivity contribution in [1.29, 1.82) is 0 Å². The number of hydrogen-bond acceptors (Lipinski definition) is 2. The number of piperidine rings is 1. The fraction of sp³-hybridized carbons (Fsp3) is 0.846. The molecule has 2 heteroatoms. The molecule has 1 aliphatic heterocycles. The van der Waals surface area contributed by atoms with E-state index < -0.39 is 0 Å². The number of nitrogens with zero attached hydrogens (tertiary/aromatic N) is 1. The monoisotopic (exact) mass is 209 g/mol. The predicted octanol–water partition coefficient (Wildman–Crippen LogP) is 2.19. The number of likely N-dealkylation sites (tertiary alicyclic amines) is 1. The van der Waals surface area contributed by atoms with Gasteiger partial charge in [0.15, 0.2) is 0 Å². The van der Waals surface area contributed by atoms with Crippen molar-refractivity contribution in [3.63, 3.8) is 0 Å². The van der Waals surface area contributed by atoms with Crippen molar-refractivity contribution in [2.45, 2.75) is 44.1 Å². The van der Waals surface area contributed by atoms with Crippen LogP contribution >= 0.6 is 0 Å². The molecule has 2 nitrogen and oxygen atoms in total. The number of rotatable bonds is 3. The molecule has 86 valence electrons. The molecule has 0 aromatic rings. The Bertz CT molecular complexity index is 229. The second kappa shape index (κ2) is 4.67. The van der Waals surface area contributed by atoms with Crippen LogP contribution < -0.4 is 0 Å². The van der Waals surface area contributed by atoms with Gasteiger partial charge in [-0.1, -0.05) is 18.9 Å². The first kappa shape index (κ1) is 11.2. The fourth-order valence-electron chi connectivity index (χ4n) is 3.12. The van der Waals surface area contributed by atoms with Gasteiger partial charge in [-0.15, -0.1) is 6.58 Å². The molecule has 15 heavy (non-hydrogen) atoms. The summed E-state index contributed by atoms with van der Waals surface area (Å²) in [4.78, 5) is 2.49. The van der Waals surface area contributed by atoms with Gasteiger partial charge in [0.25, 0.3) is 0 Å². The highest BCUT2D eigenvalue weighted by Crippen LogP contribution is 2.39. The predicted molar refractivity (Wildman–Crippen MR) is 62.8 cm³/mol. The van der Waals surface area contributed by atoms with Gasteiger partial charge in [0, 0.05) is 25.6 Å². The van der Waals surface area contributed by atoms with Crippen LogP contribution in [0.5, 0.6) is 0 Å². The van der Waals surface area contributed by atoms with Crippen LogP contribution in [0.3, 0.4) is 0 Å². The maximum absolute atomic E-state index is 10.5.